The minimum atomic E-state index is 0.148. The third-order valence-electron chi connectivity index (χ3n) is 5.63. The van der Waals surface area contributed by atoms with Crippen LogP contribution < -0.4 is 10.9 Å². The first kappa shape index (κ1) is 16.1. The number of thiophene rings is 1. The maximum absolute atomic E-state index is 12.7. The Bertz CT molecular complexity index is 685. The zero-order chi connectivity index (χ0) is 16.7. The molecule has 0 spiro atoms. The average Bonchev–Trinajstić information content (AvgIpc) is 3.29. The molecule has 4 heterocycles. The summed E-state index contributed by atoms with van der Waals surface area (Å²) in [5, 5.41) is 2.05. The summed E-state index contributed by atoms with van der Waals surface area (Å²) in [5.74, 6) is 1.47. The third kappa shape index (κ3) is 2.98. The number of hydrogen-bond acceptors (Lipinski definition) is 4. The number of likely N-dealkylation sites (tertiary alicyclic amines) is 1. The monoisotopic (exact) mass is 346 g/mol. The lowest BCUT2D eigenvalue weighted by Crippen LogP contribution is -2.44. The van der Waals surface area contributed by atoms with Gasteiger partial charge in [0.25, 0.3) is 5.91 Å². The van der Waals surface area contributed by atoms with Crippen LogP contribution >= 0.6 is 11.3 Å². The number of rotatable bonds is 3. The number of carbonyl (C=O) groups is 1. The Hall–Kier alpha value is -1.37. The summed E-state index contributed by atoms with van der Waals surface area (Å²) in [6.45, 7) is 6.26. The zero-order valence-electron chi connectivity index (χ0n) is 14.3. The van der Waals surface area contributed by atoms with E-state index in [-0.39, 0.29) is 5.91 Å². The molecule has 0 bridgehead atoms. The topological polar surface area (TPSA) is 60.2 Å². The first-order valence-corrected chi connectivity index (χ1v) is 9.86. The molecule has 2 aliphatic heterocycles. The van der Waals surface area contributed by atoms with Crippen molar-refractivity contribution in [1.82, 2.24) is 20.7 Å². The standard InChI is InChI=1S/C18H26N4OS/c1-11(2)14-9-15(21-20-14)12-3-6-22(7-4-12)18(23)16-10-17-13(19-16)5-8-24-17/h5,8,10-12,14-15,19-21H,3-4,6-7,9H2,1-2H3. The molecule has 2 aromatic rings. The number of nitrogens with one attached hydrogen (secondary N) is 3. The lowest BCUT2D eigenvalue weighted by atomic mass is 9.85. The summed E-state index contributed by atoms with van der Waals surface area (Å²) in [4.78, 5) is 18.0. The summed E-state index contributed by atoms with van der Waals surface area (Å²) in [5.41, 5.74) is 8.73. The summed E-state index contributed by atoms with van der Waals surface area (Å²) in [6, 6.07) is 5.14. The Morgan fingerprint density at radius 3 is 2.75 bits per heavy atom. The van der Waals surface area contributed by atoms with E-state index in [0.717, 1.165) is 41.8 Å². The fourth-order valence-electron chi connectivity index (χ4n) is 3.99. The third-order valence-corrected chi connectivity index (χ3v) is 6.50. The first-order chi connectivity index (χ1) is 11.6. The summed E-state index contributed by atoms with van der Waals surface area (Å²) in [7, 11) is 0. The van der Waals surface area contributed by atoms with Crippen LogP contribution in [-0.4, -0.2) is 41.0 Å². The number of carbonyl (C=O) groups excluding carboxylic acids is 1. The minimum absolute atomic E-state index is 0.148. The number of hydrazine groups is 1. The van der Waals surface area contributed by atoms with Gasteiger partial charge in [-0.05, 0) is 48.6 Å². The van der Waals surface area contributed by atoms with E-state index in [0.29, 0.717) is 23.9 Å². The highest BCUT2D eigenvalue weighted by atomic mass is 32.1. The fourth-order valence-corrected chi connectivity index (χ4v) is 4.78. The van der Waals surface area contributed by atoms with Crippen LogP contribution in [0.2, 0.25) is 0 Å². The second-order valence-corrected chi connectivity index (χ2v) is 8.44. The predicted molar refractivity (Wildman–Crippen MR) is 98.1 cm³/mol. The molecule has 24 heavy (non-hydrogen) atoms. The van der Waals surface area contributed by atoms with Gasteiger partial charge in [0.1, 0.15) is 5.69 Å². The predicted octanol–water partition coefficient (Wildman–Crippen LogP) is 2.97. The molecule has 1 amide bonds. The second kappa shape index (κ2) is 6.50. The number of hydrogen-bond donors (Lipinski definition) is 3. The highest BCUT2D eigenvalue weighted by Crippen LogP contribution is 2.28. The van der Waals surface area contributed by atoms with E-state index in [2.05, 4.69) is 29.7 Å². The Morgan fingerprint density at radius 1 is 1.29 bits per heavy atom. The number of aromatic amines is 1. The highest BCUT2D eigenvalue weighted by molar-refractivity contribution is 7.17. The van der Waals surface area contributed by atoms with Gasteiger partial charge in [-0.3, -0.25) is 15.6 Å². The van der Waals surface area contributed by atoms with Crippen LogP contribution in [-0.2, 0) is 0 Å². The van der Waals surface area contributed by atoms with Crippen LogP contribution in [0.4, 0.5) is 0 Å². The van der Waals surface area contributed by atoms with E-state index in [1.54, 1.807) is 11.3 Å². The molecule has 2 aliphatic rings. The molecule has 6 heteroatoms. The number of fused-ring (bicyclic) bond motifs is 1. The Morgan fingerprint density at radius 2 is 2.08 bits per heavy atom. The molecular formula is C18H26N4OS. The molecule has 2 atom stereocenters. The van der Waals surface area contributed by atoms with Crippen LogP contribution in [0.5, 0.6) is 0 Å². The first-order valence-electron chi connectivity index (χ1n) is 8.98. The minimum Gasteiger partial charge on any atom is -0.350 e. The number of H-pyrrole nitrogens is 1. The van der Waals surface area contributed by atoms with Gasteiger partial charge in [-0.2, -0.15) is 0 Å². The molecule has 3 N–H and O–H groups in total. The van der Waals surface area contributed by atoms with Crippen molar-refractivity contribution in [2.45, 2.75) is 45.2 Å². The molecule has 5 nitrogen and oxygen atoms in total. The fraction of sp³-hybridized carbons (Fsp3) is 0.611. The van der Waals surface area contributed by atoms with Gasteiger partial charge in [-0.1, -0.05) is 13.8 Å². The van der Waals surface area contributed by atoms with Crippen LogP contribution in [0, 0.1) is 11.8 Å². The molecule has 0 aliphatic carbocycles. The Balaban J connectivity index is 1.34. The molecule has 130 valence electrons. The van der Waals surface area contributed by atoms with Gasteiger partial charge in [0.05, 0.1) is 10.2 Å². The van der Waals surface area contributed by atoms with Crippen molar-refractivity contribution >= 4 is 27.5 Å². The summed E-state index contributed by atoms with van der Waals surface area (Å²) < 4.78 is 1.16. The van der Waals surface area contributed by atoms with E-state index in [1.165, 1.54) is 6.42 Å². The van der Waals surface area contributed by atoms with Crippen LogP contribution in [0.1, 0.15) is 43.6 Å². The van der Waals surface area contributed by atoms with Crippen molar-refractivity contribution in [1.29, 1.82) is 0 Å². The summed E-state index contributed by atoms with van der Waals surface area (Å²) in [6.07, 6.45) is 3.37. The van der Waals surface area contributed by atoms with E-state index >= 15 is 0 Å². The largest absolute Gasteiger partial charge is 0.350 e. The van der Waals surface area contributed by atoms with Gasteiger partial charge in [0.15, 0.2) is 0 Å². The quantitative estimate of drug-likeness (QED) is 0.801. The molecule has 0 saturated carbocycles. The zero-order valence-corrected chi connectivity index (χ0v) is 15.2. The van der Waals surface area contributed by atoms with Crippen LogP contribution in [0.25, 0.3) is 10.2 Å². The number of piperidine rings is 1. The molecule has 2 aromatic heterocycles. The van der Waals surface area contributed by atoms with Gasteiger partial charge in [0.2, 0.25) is 0 Å². The van der Waals surface area contributed by atoms with Gasteiger partial charge in [0, 0.05) is 25.2 Å². The molecule has 4 rings (SSSR count). The van der Waals surface area contributed by atoms with Gasteiger partial charge in [-0.25, -0.2) is 0 Å². The normalized spacial score (nSPS) is 25.9. The van der Waals surface area contributed by atoms with Crippen molar-refractivity contribution in [2.24, 2.45) is 11.8 Å². The molecule has 0 aromatic carbocycles. The molecule has 2 saturated heterocycles. The van der Waals surface area contributed by atoms with Crippen molar-refractivity contribution in [3.05, 3.63) is 23.2 Å². The Kier molecular flexibility index (Phi) is 4.37. The van der Waals surface area contributed by atoms with E-state index in [4.69, 9.17) is 0 Å². The lowest BCUT2D eigenvalue weighted by Gasteiger charge is -2.34. The molecule has 2 fully saturated rings. The second-order valence-electron chi connectivity index (χ2n) is 7.49. The molecule has 2 unspecified atom stereocenters. The van der Waals surface area contributed by atoms with Gasteiger partial charge in [-0.15, -0.1) is 11.3 Å². The van der Waals surface area contributed by atoms with E-state index in [1.807, 2.05) is 22.4 Å². The van der Waals surface area contributed by atoms with Crippen LogP contribution in [0.15, 0.2) is 17.5 Å². The lowest BCUT2D eigenvalue weighted by molar-refractivity contribution is 0.0668. The van der Waals surface area contributed by atoms with Gasteiger partial charge < -0.3 is 9.88 Å². The smallest absolute Gasteiger partial charge is 0.270 e. The van der Waals surface area contributed by atoms with Crippen molar-refractivity contribution < 1.29 is 4.79 Å². The number of amides is 1. The van der Waals surface area contributed by atoms with Crippen molar-refractivity contribution in [2.75, 3.05) is 13.1 Å². The van der Waals surface area contributed by atoms with Gasteiger partial charge >= 0.3 is 0 Å². The maximum Gasteiger partial charge on any atom is 0.270 e. The van der Waals surface area contributed by atoms with Crippen molar-refractivity contribution in [3.63, 3.8) is 0 Å². The number of aromatic nitrogens is 1. The van der Waals surface area contributed by atoms with Crippen LogP contribution in [0.3, 0.4) is 0 Å². The SMILES string of the molecule is CC(C)C1CC(C2CCN(C(=O)c3cc4sccc4[nH]3)CC2)NN1. The van der Waals surface area contributed by atoms with E-state index in [9.17, 15) is 4.79 Å². The van der Waals surface area contributed by atoms with Crippen molar-refractivity contribution in [3.8, 4) is 0 Å². The average molecular weight is 347 g/mol. The Labute approximate surface area is 146 Å². The molecule has 0 radical (unpaired) electrons. The maximum atomic E-state index is 12.7. The summed E-state index contributed by atoms with van der Waals surface area (Å²) >= 11 is 1.67. The molecular weight excluding hydrogens is 320 g/mol. The highest BCUT2D eigenvalue weighted by Gasteiger charge is 2.34. The van der Waals surface area contributed by atoms with E-state index < -0.39 is 0 Å². The number of nitrogens with zero attached hydrogens (tertiary/aromatic N) is 1.